The molecule has 0 fully saturated rings. The van der Waals surface area contributed by atoms with Gasteiger partial charge in [0.1, 0.15) is 0 Å². The summed E-state index contributed by atoms with van der Waals surface area (Å²) < 4.78 is 0. The number of rotatable bonds is 3. The van der Waals surface area contributed by atoms with Gasteiger partial charge in [0, 0.05) is 18.1 Å². The average molecular weight is 291 g/mol. The van der Waals surface area contributed by atoms with Crippen molar-refractivity contribution in [1.82, 2.24) is 4.98 Å². The van der Waals surface area contributed by atoms with Gasteiger partial charge in [0.2, 0.25) is 0 Å². The molecule has 0 saturated carbocycles. The number of amides is 1. The van der Waals surface area contributed by atoms with Gasteiger partial charge in [-0.15, -0.1) is 0 Å². The van der Waals surface area contributed by atoms with Crippen molar-refractivity contribution in [3.8, 4) is 0 Å². The van der Waals surface area contributed by atoms with Crippen molar-refractivity contribution in [2.24, 2.45) is 0 Å². The largest absolute Gasteiger partial charge is 0.478 e. The van der Waals surface area contributed by atoms with Crippen LogP contribution in [-0.2, 0) is 0 Å². The fourth-order valence-electron chi connectivity index (χ4n) is 1.65. The van der Waals surface area contributed by atoms with E-state index in [1.165, 1.54) is 24.4 Å². The number of hydrogen-bond acceptors (Lipinski definition) is 3. The Kier molecular flexibility index (Phi) is 4.00. The van der Waals surface area contributed by atoms with Gasteiger partial charge in [-0.25, -0.2) is 4.79 Å². The van der Waals surface area contributed by atoms with E-state index in [-0.39, 0.29) is 16.5 Å². The smallest absolute Gasteiger partial charge is 0.337 e. The van der Waals surface area contributed by atoms with Gasteiger partial charge in [0.25, 0.3) is 5.91 Å². The normalized spacial score (nSPS) is 10.1. The molecular weight excluding hydrogens is 280 g/mol. The van der Waals surface area contributed by atoms with Crippen LogP contribution in [0.3, 0.4) is 0 Å². The first-order valence-electron chi connectivity index (χ1n) is 5.73. The van der Waals surface area contributed by atoms with Crippen molar-refractivity contribution in [2.75, 3.05) is 5.32 Å². The first-order chi connectivity index (χ1) is 9.47. The molecule has 2 N–H and O–H groups in total. The summed E-state index contributed by atoms with van der Waals surface area (Å²) >= 11 is 5.83. The van der Waals surface area contributed by atoms with E-state index >= 15 is 0 Å². The summed E-state index contributed by atoms with van der Waals surface area (Å²) in [5, 5.41) is 11.6. The van der Waals surface area contributed by atoms with Crippen molar-refractivity contribution in [3.05, 3.63) is 58.4 Å². The van der Waals surface area contributed by atoms with Crippen molar-refractivity contribution >= 4 is 29.2 Å². The van der Waals surface area contributed by atoms with Crippen LogP contribution in [-0.4, -0.2) is 22.0 Å². The second kappa shape index (κ2) is 5.71. The molecule has 1 amide bonds. The van der Waals surface area contributed by atoms with Gasteiger partial charge in [-0.05, 0) is 36.8 Å². The van der Waals surface area contributed by atoms with Crippen molar-refractivity contribution in [2.45, 2.75) is 6.92 Å². The lowest BCUT2D eigenvalue weighted by atomic mass is 10.2. The van der Waals surface area contributed by atoms with Gasteiger partial charge in [0.15, 0.2) is 0 Å². The first-order valence-corrected chi connectivity index (χ1v) is 6.11. The third-order valence-corrected chi connectivity index (χ3v) is 2.91. The number of carbonyl (C=O) groups excluding carboxylic acids is 1. The summed E-state index contributed by atoms with van der Waals surface area (Å²) in [6.45, 7) is 1.84. The topological polar surface area (TPSA) is 79.3 Å². The van der Waals surface area contributed by atoms with E-state index < -0.39 is 5.97 Å². The number of nitrogens with zero attached hydrogens (tertiary/aromatic N) is 1. The number of carbonyl (C=O) groups is 2. The van der Waals surface area contributed by atoms with Gasteiger partial charge >= 0.3 is 5.97 Å². The predicted molar refractivity (Wildman–Crippen MR) is 75.3 cm³/mol. The lowest BCUT2D eigenvalue weighted by molar-refractivity contribution is 0.0697. The summed E-state index contributed by atoms with van der Waals surface area (Å²) in [6.07, 6.45) is 3.10. The molecule has 1 heterocycles. The molecule has 2 rings (SSSR count). The Morgan fingerprint density at radius 3 is 2.60 bits per heavy atom. The van der Waals surface area contributed by atoms with E-state index in [2.05, 4.69) is 10.3 Å². The standard InChI is InChI=1S/C14H11ClN2O3/c1-8-4-9(7-16-6-8)13(18)17-10-2-3-11(14(19)20)12(15)5-10/h2-7H,1H3,(H,17,18)(H,19,20). The molecule has 0 spiro atoms. The van der Waals surface area contributed by atoms with Gasteiger partial charge in [0.05, 0.1) is 16.1 Å². The maximum atomic E-state index is 12.0. The Bertz CT molecular complexity index is 686. The molecule has 6 heteroatoms. The Hall–Kier alpha value is -2.40. The van der Waals surface area contributed by atoms with Gasteiger partial charge in [-0.1, -0.05) is 11.6 Å². The lowest BCUT2D eigenvalue weighted by Crippen LogP contribution is -2.12. The highest BCUT2D eigenvalue weighted by molar-refractivity contribution is 6.33. The van der Waals surface area contributed by atoms with E-state index in [9.17, 15) is 9.59 Å². The highest BCUT2D eigenvalue weighted by atomic mass is 35.5. The molecule has 0 unspecified atom stereocenters. The Morgan fingerprint density at radius 1 is 1.25 bits per heavy atom. The molecule has 0 saturated heterocycles. The average Bonchev–Trinajstić information content (AvgIpc) is 2.38. The molecule has 5 nitrogen and oxygen atoms in total. The van der Waals surface area contributed by atoms with E-state index in [1.807, 2.05) is 6.92 Å². The third-order valence-electron chi connectivity index (χ3n) is 2.59. The van der Waals surface area contributed by atoms with Crippen LogP contribution in [0.4, 0.5) is 5.69 Å². The highest BCUT2D eigenvalue weighted by Gasteiger charge is 2.11. The van der Waals surface area contributed by atoms with Crippen LogP contribution in [0, 0.1) is 6.92 Å². The lowest BCUT2D eigenvalue weighted by Gasteiger charge is -2.07. The number of carboxylic acids is 1. The maximum Gasteiger partial charge on any atom is 0.337 e. The number of aromatic nitrogens is 1. The van der Waals surface area contributed by atoms with E-state index in [0.29, 0.717) is 11.3 Å². The Morgan fingerprint density at radius 2 is 2.00 bits per heavy atom. The zero-order valence-corrected chi connectivity index (χ0v) is 11.3. The van der Waals surface area contributed by atoms with Crippen LogP contribution in [0.5, 0.6) is 0 Å². The molecule has 102 valence electrons. The van der Waals surface area contributed by atoms with Gasteiger partial charge in [-0.2, -0.15) is 0 Å². The zero-order valence-electron chi connectivity index (χ0n) is 10.6. The molecule has 0 aliphatic heterocycles. The third kappa shape index (κ3) is 3.13. The van der Waals surface area contributed by atoms with Crippen LogP contribution in [0.2, 0.25) is 5.02 Å². The van der Waals surface area contributed by atoms with E-state index in [4.69, 9.17) is 16.7 Å². The number of hydrogen-bond donors (Lipinski definition) is 2. The maximum absolute atomic E-state index is 12.0. The second-order valence-corrected chi connectivity index (χ2v) is 4.61. The second-order valence-electron chi connectivity index (χ2n) is 4.20. The number of pyridine rings is 1. The molecule has 0 radical (unpaired) electrons. The molecule has 0 bridgehead atoms. The number of halogens is 1. The quantitative estimate of drug-likeness (QED) is 0.911. The van der Waals surface area contributed by atoms with Crippen LogP contribution in [0.1, 0.15) is 26.3 Å². The summed E-state index contributed by atoms with van der Waals surface area (Å²) in [6, 6.07) is 5.92. The van der Waals surface area contributed by atoms with Crippen molar-refractivity contribution in [3.63, 3.8) is 0 Å². The molecule has 2 aromatic rings. The molecule has 1 aromatic carbocycles. The number of aryl methyl sites for hydroxylation is 1. The summed E-state index contributed by atoms with van der Waals surface area (Å²) in [5.41, 5.74) is 1.70. The zero-order chi connectivity index (χ0) is 14.7. The SMILES string of the molecule is Cc1cncc(C(=O)Nc2ccc(C(=O)O)c(Cl)c2)c1. The number of carboxylic acid groups (broad SMARTS) is 1. The molecule has 1 aromatic heterocycles. The molecule has 20 heavy (non-hydrogen) atoms. The Labute approximate surface area is 120 Å². The number of anilines is 1. The molecule has 0 aliphatic rings. The first kappa shape index (κ1) is 14.0. The number of nitrogens with one attached hydrogen (secondary N) is 1. The minimum absolute atomic E-state index is 0.0121. The monoisotopic (exact) mass is 290 g/mol. The van der Waals surface area contributed by atoms with E-state index in [0.717, 1.165) is 5.56 Å². The van der Waals surface area contributed by atoms with Crippen molar-refractivity contribution in [1.29, 1.82) is 0 Å². The minimum atomic E-state index is -1.12. The fourth-order valence-corrected chi connectivity index (χ4v) is 1.91. The van der Waals surface area contributed by atoms with Crippen LogP contribution >= 0.6 is 11.6 Å². The van der Waals surface area contributed by atoms with E-state index in [1.54, 1.807) is 12.3 Å². The minimum Gasteiger partial charge on any atom is -0.478 e. The highest BCUT2D eigenvalue weighted by Crippen LogP contribution is 2.21. The predicted octanol–water partition coefficient (Wildman–Crippen LogP) is 2.99. The van der Waals surface area contributed by atoms with Crippen LogP contribution in [0.25, 0.3) is 0 Å². The van der Waals surface area contributed by atoms with Crippen molar-refractivity contribution < 1.29 is 14.7 Å². The molecular formula is C14H11ClN2O3. The number of benzene rings is 1. The Balaban J connectivity index is 2.20. The summed E-state index contributed by atoms with van der Waals surface area (Å²) in [7, 11) is 0. The van der Waals surface area contributed by atoms with Gasteiger partial charge in [-0.3, -0.25) is 9.78 Å². The molecule has 0 aliphatic carbocycles. The van der Waals surface area contributed by atoms with Crippen LogP contribution in [0.15, 0.2) is 36.7 Å². The summed E-state index contributed by atoms with van der Waals surface area (Å²) in [4.78, 5) is 26.8. The molecule has 0 atom stereocenters. The summed E-state index contributed by atoms with van der Waals surface area (Å²) in [5.74, 6) is -1.45. The fraction of sp³-hybridized carbons (Fsp3) is 0.0714. The van der Waals surface area contributed by atoms with Gasteiger partial charge < -0.3 is 10.4 Å². The van der Waals surface area contributed by atoms with Crippen LogP contribution < -0.4 is 5.32 Å². The number of aromatic carboxylic acids is 1.